The number of hydrogen-bond donors (Lipinski definition) is 2. The minimum atomic E-state index is -2.18. The molecular weight excluding hydrogens is 549 g/mol. The first-order chi connectivity index (χ1) is 20.8. The number of ether oxygens (including phenoxy) is 3. The molecule has 3 aromatic carbocycles. The summed E-state index contributed by atoms with van der Waals surface area (Å²) < 4.78 is 34.2. The zero-order chi connectivity index (χ0) is 30.2. The summed E-state index contributed by atoms with van der Waals surface area (Å²) in [6, 6.07) is 27.7. The Morgan fingerprint density at radius 3 is 2.14 bits per heavy atom. The molecule has 0 bridgehead atoms. The van der Waals surface area contributed by atoms with Gasteiger partial charge in [0.15, 0.2) is 16.8 Å². The summed E-state index contributed by atoms with van der Waals surface area (Å²) in [4.78, 5) is 14.0. The van der Waals surface area contributed by atoms with Crippen LogP contribution < -0.4 is 14.8 Å². The van der Waals surface area contributed by atoms with Gasteiger partial charge in [0.1, 0.15) is 29.5 Å². The fourth-order valence-electron chi connectivity index (χ4n) is 5.56. The highest BCUT2D eigenvalue weighted by molar-refractivity contribution is 5.78. The van der Waals surface area contributed by atoms with Gasteiger partial charge < -0.3 is 24.6 Å². The summed E-state index contributed by atoms with van der Waals surface area (Å²) in [5.41, 5.74) is 0.189. The Hall–Kier alpha value is -4.96. The number of methoxy groups -OCH3 is 1. The lowest BCUT2D eigenvalue weighted by Gasteiger charge is -2.37. The number of imidazole rings is 1. The van der Waals surface area contributed by atoms with Crippen molar-refractivity contribution < 1.29 is 23.7 Å². The molecule has 0 spiro atoms. The largest absolute Gasteiger partial charge is 0.497 e. The number of anilines is 1. The van der Waals surface area contributed by atoms with Crippen molar-refractivity contribution in [3.8, 4) is 11.6 Å². The molecule has 220 valence electrons. The zero-order valence-electron chi connectivity index (χ0n) is 24.1. The third-order valence-corrected chi connectivity index (χ3v) is 7.74. The van der Waals surface area contributed by atoms with Crippen LogP contribution in [0.3, 0.4) is 0 Å². The molecule has 1 aliphatic heterocycles. The summed E-state index contributed by atoms with van der Waals surface area (Å²) in [7, 11) is 1.63. The van der Waals surface area contributed by atoms with Gasteiger partial charge in [-0.3, -0.25) is 4.57 Å². The van der Waals surface area contributed by atoms with E-state index in [1.165, 1.54) is 17.8 Å². The van der Waals surface area contributed by atoms with E-state index in [0.717, 1.165) is 16.7 Å². The summed E-state index contributed by atoms with van der Waals surface area (Å²) >= 11 is 0. The molecule has 0 radical (unpaired) electrons. The van der Waals surface area contributed by atoms with E-state index in [2.05, 4.69) is 16.9 Å². The first-order valence-corrected chi connectivity index (χ1v) is 13.9. The molecule has 3 atom stereocenters. The molecule has 0 amide bonds. The van der Waals surface area contributed by atoms with Crippen LogP contribution in [-0.2, 0) is 10.3 Å². The number of nitrogens with one attached hydrogen (secondary N) is 1. The average molecular weight is 582 g/mol. The molecule has 0 unspecified atom stereocenters. The van der Waals surface area contributed by atoms with Gasteiger partial charge >= 0.3 is 0 Å². The number of hydrogen-bond acceptors (Lipinski definition) is 8. The molecule has 0 saturated carbocycles. The van der Waals surface area contributed by atoms with Crippen LogP contribution in [0.2, 0.25) is 0 Å². The van der Waals surface area contributed by atoms with E-state index in [0.29, 0.717) is 17.9 Å². The molecule has 5 aromatic rings. The minimum Gasteiger partial charge on any atom is -0.497 e. The van der Waals surface area contributed by atoms with Gasteiger partial charge in [0.05, 0.1) is 13.7 Å². The maximum Gasteiger partial charge on any atom is 0.247 e. The van der Waals surface area contributed by atoms with E-state index in [1.54, 1.807) is 7.11 Å². The average Bonchev–Trinajstić information content (AvgIpc) is 3.54. The van der Waals surface area contributed by atoms with E-state index in [1.807, 2.05) is 91.9 Å². The molecule has 1 aliphatic rings. The monoisotopic (exact) mass is 581 g/mol. The Bertz CT molecular complexity index is 1700. The molecule has 2 N–H and O–H groups in total. The van der Waals surface area contributed by atoms with E-state index in [9.17, 15) is 5.11 Å². The molecule has 1 fully saturated rings. The molecule has 1 saturated heterocycles. The van der Waals surface area contributed by atoms with Crippen molar-refractivity contribution in [3.63, 3.8) is 0 Å². The van der Waals surface area contributed by atoms with Crippen LogP contribution in [-0.4, -0.2) is 50.1 Å². The predicted octanol–water partition coefficient (Wildman–Crippen LogP) is 5.77. The van der Waals surface area contributed by atoms with E-state index in [4.69, 9.17) is 24.2 Å². The third kappa shape index (κ3) is 4.73. The number of halogens is 1. The van der Waals surface area contributed by atoms with Crippen molar-refractivity contribution in [2.45, 2.75) is 37.4 Å². The summed E-state index contributed by atoms with van der Waals surface area (Å²) in [5.74, 6) is 1.07. The Morgan fingerprint density at radius 2 is 1.60 bits per heavy atom. The number of aliphatic hydroxyl groups excluding tert-OH is 1. The van der Waals surface area contributed by atoms with Crippen molar-refractivity contribution >= 4 is 17.1 Å². The van der Waals surface area contributed by atoms with Gasteiger partial charge in [-0.25, -0.2) is 9.37 Å². The molecular formula is C33H32FN5O4. The fraction of sp³-hybridized carbons (Fsp3) is 0.242. The lowest BCUT2D eigenvalue weighted by Crippen LogP contribution is -2.39. The lowest BCUT2D eigenvalue weighted by molar-refractivity contribution is -0.0308. The number of rotatable bonds is 9. The van der Waals surface area contributed by atoms with Crippen LogP contribution in [0.25, 0.3) is 11.2 Å². The Balaban J connectivity index is 1.58. The third-order valence-electron chi connectivity index (χ3n) is 7.74. The highest BCUT2D eigenvalue weighted by Gasteiger charge is 2.53. The Labute approximate surface area is 248 Å². The second-order valence-corrected chi connectivity index (χ2v) is 10.4. The number of aromatic nitrogens is 4. The van der Waals surface area contributed by atoms with Gasteiger partial charge in [0, 0.05) is 0 Å². The number of aliphatic hydroxyl groups is 1. The normalized spacial score (nSPS) is 20.2. The van der Waals surface area contributed by atoms with Gasteiger partial charge in [-0.15, -0.1) is 0 Å². The molecule has 43 heavy (non-hydrogen) atoms. The number of benzene rings is 3. The number of alkyl halides is 1. The Kier molecular flexibility index (Phi) is 7.23. The van der Waals surface area contributed by atoms with Crippen LogP contribution in [0.4, 0.5) is 10.3 Å². The Morgan fingerprint density at radius 1 is 1.00 bits per heavy atom. The molecule has 6 rings (SSSR count). The lowest BCUT2D eigenvalue weighted by atomic mass is 9.77. The number of nitrogens with zero attached hydrogens (tertiary/aromatic N) is 4. The highest BCUT2D eigenvalue weighted by atomic mass is 19.1. The summed E-state index contributed by atoms with van der Waals surface area (Å²) in [6.45, 7) is 7.09. The highest BCUT2D eigenvalue weighted by Crippen LogP contribution is 2.45. The molecule has 0 aliphatic carbocycles. The molecule has 2 aromatic heterocycles. The van der Waals surface area contributed by atoms with Gasteiger partial charge in [0.2, 0.25) is 18.1 Å². The van der Waals surface area contributed by atoms with Crippen LogP contribution >= 0.6 is 0 Å². The zero-order valence-corrected chi connectivity index (χ0v) is 24.1. The summed E-state index contributed by atoms with van der Waals surface area (Å²) in [6.07, 6.45) is -1.36. The second-order valence-electron chi connectivity index (χ2n) is 10.4. The smallest absolute Gasteiger partial charge is 0.247 e. The first-order valence-electron chi connectivity index (χ1n) is 13.9. The van der Waals surface area contributed by atoms with Crippen molar-refractivity contribution in [1.82, 2.24) is 19.5 Å². The van der Waals surface area contributed by atoms with Crippen LogP contribution in [0.1, 0.15) is 36.8 Å². The standard InChI is InChI=1S/C33H32FN5O4/c1-5-42-29-26-28(39(20-35-26)30-32(3,34)27(40)21(2)43-30)36-31(37-29)38-33(22-12-8-6-9-13-22,23-14-10-7-11-15-23)24-16-18-25(41-4)19-17-24/h6-20,27,30,40H,2,5H2,1,3-4H3,(H,36,37,38)/t27-,30-,32-/m1/s1. The van der Waals surface area contributed by atoms with Crippen molar-refractivity contribution in [1.29, 1.82) is 0 Å². The van der Waals surface area contributed by atoms with Crippen LogP contribution in [0, 0.1) is 0 Å². The topological polar surface area (TPSA) is 104 Å². The van der Waals surface area contributed by atoms with E-state index >= 15 is 4.39 Å². The van der Waals surface area contributed by atoms with Gasteiger partial charge in [-0.05, 0) is 42.7 Å². The SMILES string of the molecule is C=C1O[C@@H](n2cnc3c(OCC)nc(NC(c4ccccc4)(c4ccccc4)c4ccc(OC)cc4)nc32)[C@](C)(F)[C@@H]1O. The van der Waals surface area contributed by atoms with E-state index in [-0.39, 0.29) is 23.2 Å². The first kappa shape index (κ1) is 28.2. The van der Waals surface area contributed by atoms with Gasteiger partial charge in [-0.2, -0.15) is 9.97 Å². The second kappa shape index (κ2) is 11.0. The molecule has 3 heterocycles. The molecule has 10 heteroatoms. The quantitative estimate of drug-likeness (QED) is 0.212. The van der Waals surface area contributed by atoms with Gasteiger partial charge in [-0.1, -0.05) is 79.4 Å². The van der Waals surface area contributed by atoms with Crippen molar-refractivity contribution in [2.24, 2.45) is 0 Å². The van der Waals surface area contributed by atoms with Crippen LogP contribution in [0.5, 0.6) is 11.6 Å². The van der Waals surface area contributed by atoms with Crippen LogP contribution in [0.15, 0.2) is 104 Å². The maximum absolute atomic E-state index is 15.8. The number of fused-ring (bicyclic) bond motifs is 1. The van der Waals surface area contributed by atoms with Gasteiger partial charge in [0.25, 0.3) is 0 Å². The predicted molar refractivity (Wildman–Crippen MR) is 161 cm³/mol. The van der Waals surface area contributed by atoms with Crippen molar-refractivity contribution in [2.75, 3.05) is 19.0 Å². The summed E-state index contributed by atoms with van der Waals surface area (Å²) in [5, 5.41) is 14.0. The molecule has 9 nitrogen and oxygen atoms in total. The fourth-order valence-corrected chi connectivity index (χ4v) is 5.56. The van der Waals surface area contributed by atoms with Crippen molar-refractivity contribution in [3.05, 3.63) is 120 Å². The minimum absolute atomic E-state index is 0.0686. The van der Waals surface area contributed by atoms with E-state index < -0.39 is 23.5 Å². The maximum atomic E-state index is 15.8.